The van der Waals surface area contributed by atoms with Crippen molar-refractivity contribution < 1.29 is 0 Å². The van der Waals surface area contributed by atoms with Gasteiger partial charge < -0.3 is 0 Å². The van der Waals surface area contributed by atoms with Crippen LogP contribution in [0.4, 0.5) is 0 Å². The van der Waals surface area contributed by atoms with Gasteiger partial charge in [-0.05, 0) is 13.0 Å². The summed E-state index contributed by atoms with van der Waals surface area (Å²) in [5, 5.41) is 2.00. The number of hydrogen-bond donors (Lipinski definition) is 1. The Balaban J connectivity index is 2.02. The van der Waals surface area contributed by atoms with Crippen LogP contribution >= 0.6 is 0 Å². The van der Waals surface area contributed by atoms with E-state index in [1.54, 1.807) is 0 Å². The molecule has 2 heterocycles. The highest BCUT2D eigenvalue weighted by atomic mass is 15.5. The molecular formula is C7H15N3. The van der Waals surface area contributed by atoms with Crippen molar-refractivity contribution in [2.75, 3.05) is 19.6 Å². The fourth-order valence-corrected chi connectivity index (χ4v) is 2.17. The van der Waals surface area contributed by atoms with Gasteiger partial charge in [0.25, 0.3) is 0 Å². The van der Waals surface area contributed by atoms with Crippen LogP contribution < -0.4 is 5.84 Å². The van der Waals surface area contributed by atoms with Crippen LogP contribution in [0.5, 0.6) is 0 Å². The quantitative estimate of drug-likeness (QED) is 0.506. The number of hydrogen-bond acceptors (Lipinski definition) is 3. The van der Waals surface area contributed by atoms with Gasteiger partial charge in [-0.25, -0.2) is 5.01 Å². The molecule has 0 radical (unpaired) electrons. The molecule has 0 amide bonds. The second kappa shape index (κ2) is 2.19. The SMILES string of the molecule is CCN1CC2CC1CN2N. The summed E-state index contributed by atoms with van der Waals surface area (Å²) in [5.74, 6) is 5.74. The van der Waals surface area contributed by atoms with Crippen molar-refractivity contribution in [3.63, 3.8) is 0 Å². The Morgan fingerprint density at radius 1 is 1.40 bits per heavy atom. The van der Waals surface area contributed by atoms with Crippen molar-refractivity contribution in [2.45, 2.75) is 25.4 Å². The Hall–Kier alpha value is -0.120. The van der Waals surface area contributed by atoms with Crippen LogP contribution in [-0.2, 0) is 0 Å². The third-order valence-electron chi connectivity index (χ3n) is 2.80. The maximum Gasteiger partial charge on any atom is 0.0384 e. The van der Waals surface area contributed by atoms with Gasteiger partial charge in [-0.2, -0.15) is 0 Å². The van der Waals surface area contributed by atoms with Crippen molar-refractivity contribution in [1.82, 2.24) is 9.91 Å². The van der Waals surface area contributed by atoms with E-state index in [4.69, 9.17) is 5.84 Å². The zero-order valence-corrected chi connectivity index (χ0v) is 6.45. The van der Waals surface area contributed by atoms with Gasteiger partial charge in [-0.3, -0.25) is 10.7 Å². The first-order valence-electron chi connectivity index (χ1n) is 4.06. The lowest BCUT2D eigenvalue weighted by Gasteiger charge is -2.30. The predicted molar refractivity (Wildman–Crippen MR) is 40.3 cm³/mol. The Labute approximate surface area is 61.7 Å². The molecule has 2 rings (SSSR count). The fourth-order valence-electron chi connectivity index (χ4n) is 2.17. The summed E-state index contributed by atoms with van der Waals surface area (Å²) >= 11 is 0. The number of fused-ring (bicyclic) bond motifs is 2. The van der Waals surface area contributed by atoms with Crippen LogP contribution in [0.2, 0.25) is 0 Å². The summed E-state index contributed by atoms with van der Waals surface area (Å²) in [6.45, 7) is 5.69. The summed E-state index contributed by atoms with van der Waals surface area (Å²) in [6.07, 6.45) is 1.30. The molecule has 2 atom stereocenters. The van der Waals surface area contributed by atoms with Gasteiger partial charge in [0, 0.05) is 25.2 Å². The highest BCUT2D eigenvalue weighted by molar-refractivity contribution is 4.96. The molecule has 0 aromatic rings. The summed E-state index contributed by atoms with van der Waals surface area (Å²) in [4.78, 5) is 2.52. The first-order chi connectivity index (χ1) is 4.81. The van der Waals surface area contributed by atoms with Gasteiger partial charge >= 0.3 is 0 Å². The van der Waals surface area contributed by atoms with Crippen molar-refractivity contribution in [3.05, 3.63) is 0 Å². The fraction of sp³-hybridized carbons (Fsp3) is 1.00. The Morgan fingerprint density at radius 2 is 2.20 bits per heavy atom. The summed E-state index contributed by atoms with van der Waals surface area (Å²) in [7, 11) is 0. The van der Waals surface area contributed by atoms with E-state index in [1.165, 1.54) is 19.5 Å². The molecular weight excluding hydrogens is 126 g/mol. The van der Waals surface area contributed by atoms with Crippen molar-refractivity contribution in [1.29, 1.82) is 0 Å². The standard InChI is InChI=1S/C7H15N3/c1-2-9-4-7-3-6(9)5-10(7)8/h6-7H,2-5,8H2,1H3. The second-order valence-electron chi connectivity index (χ2n) is 3.33. The number of nitrogens with zero attached hydrogens (tertiary/aromatic N) is 2. The third-order valence-corrected chi connectivity index (χ3v) is 2.80. The van der Waals surface area contributed by atoms with Gasteiger partial charge in [0.1, 0.15) is 0 Å². The van der Waals surface area contributed by atoms with Gasteiger partial charge in [-0.15, -0.1) is 0 Å². The normalized spacial score (nSPS) is 41.4. The Morgan fingerprint density at radius 3 is 2.60 bits per heavy atom. The molecule has 3 heteroatoms. The molecule has 2 aliphatic rings. The average molecular weight is 141 g/mol. The molecule has 2 aliphatic heterocycles. The van der Waals surface area contributed by atoms with E-state index in [0.29, 0.717) is 6.04 Å². The topological polar surface area (TPSA) is 32.5 Å². The first-order valence-corrected chi connectivity index (χ1v) is 4.06. The summed E-state index contributed by atoms with van der Waals surface area (Å²) in [5.41, 5.74) is 0. The van der Waals surface area contributed by atoms with E-state index in [9.17, 15) is 0 Å². The third kappa shape index (κ3) is 0.779. The summed E-state index contributed by atoms with van der Waals surface area (Å²) in [6, 6.07) is 1.42. The number of nitrogens with two attached hydrogens (primary N) is 1. The van der Waals surface area contributed by atoms with Gasteiger partial charge in [0.2, 0.25) is 0 Å². The molecule has 2 bridgehead atoms. The van der Waals surface area contributed by atoms with Gasteiger partial charge in [0.05, 0.1) is 0 Å². The Kier molecular flexibility index (Phi) is 1.44. The molecule has 0 saturated carbocycles. The number of hydrazine groups is 1. The zero-order chi connectivity index (χ0) is 7.14. The van der Waals surface area contributed by atoms with Crippen LogP contribution in [0, 0.1) is 0 Å². The minimum absolute atomic E-state index is 0.657. The lowest BCUT2D eigenvalue weighted by Crippen LogP contribution is -2.49. The first kappa shape index (κ1) is 6.58. The van der Waals surface area contributed by atoms with E-state index >= 15 is 0 Å². The van der Waals surface area contributed by atoms with E-state index in [1.807, 2.05) is 5.01 Å². The molecule has 0 aliphatic carbocycles. The van der Waals surface area contributed by atoms with Crippen LogP contribution in [-0.4, -0.2) is 41.6 Å². The number of likely N-dealkylation sites (N-methyl/N-ethyl adjacent to an activating group) is 1. The van der Waals surface area contributed by atoms with E-state index in [0.717, 1.165) is 12.6 Å². The Bertz CT molecular complexity index is 135. The highest BCUT2D eigenvalue weighted by Crippen LogP contribution is 2.27. The smallest absolute Gasteiger partial charge is 0.0384 e. The maximum atomic E-state index is 5.74. The van der Waals surface area contributed by atoms with Crippen LogP contribution in [0.15, 0.2) is 0 Å². The molecule has 3 nitrogen and oxygen atoms in total. The van der Waals surface area contributed by atoms with Crippen LogP contribution in [0.25, 0.3) is 0 Å². The molecule has 0 spiro atoms. The van der Waals surface area contributed by atoms with E-state index in [-0.39, 0.29) is 0 Å². The van der Waals surface area contributed by atoms with Crippen LogP contribution in [0.3, 0.4) is 0 Å². The van der Waals surface area contributed by atoms with Crippen molar-refractivity contribution in [2.24, 2.45) is 5.84 Å². The second-order valence-corrected chi connectivity index (χ2v) is 3.33. The van der Waals surface area contributed by atoms with E-state index in [2.05, 4.69) is 11.8 Å². The largest absolute Gasteiger partial charge is 0.298 e. The number of piperazine rings is 1. The minimum atomic E-state index is 0.657. The molecule has 2 saturated heterocycles. The van der Waals surface area contributed by atoms with Crippen LogP contribution in [0.1, 0.15) is 13.3 Å². The zero-order valence-electron chi connectivity index (χ0n) is 6.45. The maximum absolute atomic E-state index is 5.74. The molecule has 2 unspecified atom stereocenters. The molecule has 10 heavy (non-hydrogen) atoms. The average Bonchev–Trinajstić information content (AvgIpc) is 2.44. The minimum Gasteiger partial charge on any atom is -0.298 e. The highest BCUT2D eigenvalue weighted by Gasteiger charge is 2.40. The van der Waals surface area contributed by atoms with Crippen molar-refractivity contribution >= 4 is 0 Å². The number of likely N-dealkylation sites (tertiary alicyclic amines) is 1. The molecule has 0 aromatic carbocycles. The lowest BCUT2D eigenvalue weighted by atomic mass is 10.2. The monoisotopic (exact) mass is 141 g/mol. The number of rotatable bonds is 1. The summed E-state index contributed by atoms with van der Waals surface area (Å²) < 4.78 is 0. The predicted octanol–water partition coefficient (Wildman–Crippen LogP) is -0.361. The van der Waals surface area contributed by atoms with E-state index < -0.39 is 0 Å². The van der Waals surface area contributed by atoms with Gasteiger partial charge in [-0.1, -0.05) is 6.92 Å². The molecule has 2 N–H and O–H groups in total. The lowest BCUT2D eigenvalue weighted by molar-refractivity contribution is 0.134. The molecule has 0 aromatic heterocycles. The molecule has 58 valence electrons. The van der Waals surface area contributed by atoms with Crippen molar-refractivity contribution in [3.8, 4) is 0 Å². The molecule has 2 fully saturated rings. The van der Waals surface area contributed by atoms with Gasteiger partial charge in [0.15, 0.2) is 0 Å².